The minimum absolute atomic E-state index is 0. The van der Waals surface area contributed by atoms with Crippen molar-refractivity contribution >= 4 is 24.8 Å². The Morgan fingerprint density at radius 3 is 2.11 bits per heavy atom. The van der Waals surface area contributed by atoms with E-state index in [4.69, 9.17) is 4.74 Å². The molecule has 0 aliphatic carbocycles. The Morgan fingerprint density at radius 2 is 1.51 bits per heavy atom. The van der Waals surface area contributed by atoms with E-state index in [-0.39, 0.29) is 42.4 Å². The van der Waals surface area contributed by atoms with Gasteiger partial charge in [0.05, 0.1) is 6.04 Å². The van der Waals surface area contributed by atoms with Gasteiger partial charge in [-0.05, 0) is 35.4 Å². The van der Waals surface area contributed by atoms with Crippen molar-refractivity contribution in [2.24, 2.45) is 0 Å². The van der Waals surface area contributed by atoms with Crippen LogP contribution < -0.4 is 14.8 Å². The molecule has 0 spiro atoms. The van der Waals surface area contributed by atoms with Gasteiger partial charge in [-0.3, -0.25) is 4.90 Å². The zero-order valence-electron chi connectivity index (χ0n) is 18.7. The van der Waals surface area contributed by atoms with Crippen LogP contribution in [0.4, 0.5) is 13.2 Å². The van der Waals surface area contributed by atoms with Crippen molar-refractivity contribution in [1.29, 1.82) is 0 Å². The molecule has 1 atom stereocenters. The smallest absolute Gasteiger partial charge is 0.507 e. The number of phenolic OH excluding ortho intramolecular Hbond substituents is 1. The first kappa shape index (κ1) is 28.6. The van der Waals surface area contributed by atoms with E-state index in [1.165, 1.54) is 12.1 Å². The molecule has 2 N–H and O–H groups in total. The normalized spacial score (nSPS) is 14.8. The summed E-state index contributed by atoms with van der Waals surface area (Å²) in [5.41, 5.74) is 2.44. The van der Waals surface area contributed by atoms with Crippen LogP contribution in [0, 0.1) is 0 Å². The van der Waals surface area contributed by atoms with E-state index in [2.05, 4.69) is 15.0 Å². The third-order valence-corrected chi connectivity index (χ3v) is 5.49. The number of ether oxygens (including phenoxy) is 2. The van der Waals surface area contributed by atoms with Gasteiger partial charge in [0.25, 0.3) is 0 Å². The second kappa shape index (κ2) is 12.9. The van der Waals surface area contributed by atoms with Crippen LogP contribution >= 0.6 is 24.8 Å². The molecule has 1 fully saturated rings. The fourth-order valence-corrected chi connectivity index (χ4v) is 3.96. The Bertz CT molecular complexity index is 1050. The van der Waals surface area contributed by atoms with Crippen LogP contribution in [0.2, 0.25) is 0 Å². The molecule has 0 bridgehead atoms. The molecule has 1 saturated heterocycles. The summed E-state index contributed by atoms with van der Waals surface area (Å²) in [6.45, 7) is 3.41. The van der Waals surface area contributed by atoms with E-state index in [0.717, 1.165) is 37.3 Å². The van der Waals surface area contributed by atoms with E-state index in [1.54, 1.807) is 24.3 Å². The van der Waals surface area contributed by atoms with Gasteiger partial charge >= 0.3 is 6.36 Å². The number of hydrogen-bond donors (Lipinski definition) is 2. The number of nitrogens with zero attached hydrogens (tertiary/aromatic N) is 1. The molecule has 5 nitrogen and oxygen atoms in total. The average Bonchev–Trinajstić information content (AvgIpc) is 2.81. The third-order valence-electron chi connectivity index (χ3n) is 5.49. The van der Waals surface area contributed by atoms with Crippen molar-refractivity contribution in [3.05, 3.63) is 89.5 Å². The topological polar surface area (TPSA) is 54.0 Å². The number of piperazine rings is 1. The summed E-state index contributed by atoms with van der Waals surface area (Å²) in [4.78, 5) is 2.19. The molecule has 0 saturated carbocycles. The molecule has 0 amide bonds. The molecule has 35 heavy (non-hydrogen) atoms. The van der Waals surface area contributed by atoms with Crippen LogP contribution in [0.15, 0.2) is 72.8 Å². The second-order valence-electron chi connectivity index (χ2n) is 7.80. The zero-order chi connectivity index (χ0) is 23.3. The van der Waals surface area contributed by atoms with Crippen molar-refractivity contribution in [2.75, 3.05) is 26.2 Å². The summed E-state index contributed by atoms with van der Waals surface area (Å²) in [6.07, 6.45) is -4.74. The molecule has 1 aliphatic rings. The number of alkyl halides is 3. The van der Waals surface area contributed by atoms with Crippen LogP contribution in [0.1, 0.15) is 22.7 Å². The Kier molecular flexibility index (Phi) is 10.5. The van der Waals surface area contributed by atoms with Crippen LogP contribution in [0.3, 0.4) is 0 Å². The third kappa shape index (κ3) is 7.93. The maximum atomic E-state index is 12.5. The van der Waals surface area contributed by atoms with Crippen molar-refractivity contribution < 1.29 is 27.8 Å². The highest BCUT2D eigenvalue weighted by Gasteiger charge is 2.31. The monoisotopic (exact) mass is 530 g/mol. The lowest BCUT2D eigenvalue weighted by atomic mass is 9.95. The van der Waals surface area contributed by atoms with Gasteiger partial charge in [0.2, 0.25) is 0 Å². The highest BCUT2D eigenvalue weighted by atomic mass is 35.5. The van der Waals surface area contributed by atoms with Gasteiger partial charge in [-0.2, -0.15) is 0 Å². The Morgan fingerprint density at radius 1 is 0.886 bits per heavy atom. The molecule has 190 valence electrons. The van der Waals surface area contributed by atoms with Gasteiger partial charge in [-0.15, -0.1) is 38.0 Å². The molecule has 10 heteroatoms. The first-order chi connectivity index (χ1) is 15.9. The molecule has 4 rings (SSSR count). The number of phenols is 1. The summed E-state index contributed by atoms with van der Waals surface area (Å²) in [5, 5.41) is 14.2. The zero-order valence-corrected chi connectivity index (χ0v) is 20.3. The summed E-state index contributed by atoms with van der Waals surface area (Å²) in [7, 11) is 0. The quantitative estimate of drug-likeness (QED) is 0.409. The molecular formula is C25H27Cl2F3N2O3. The molecule has 3 aromatic carbocycles. The van der Waals surface area contributed by atoms with E-state index in [9.17, 15) is 18.3 Å². The number of nitrogens with one attached hydrogen (secondary N) is 1. The summed E-state index contributed by atoms with van der Waals surface area (Å²) < 4.78 is 47.4. The number of aromatic hydroxyl groups is 1. The lowest BCUT2D eigenvalue weighted by molar-refractivity contribution is -0.274. The highest BCUT2D eigenvalue weighted by Crippen LogP contribution is 2.37. The van der Waals surface area contributed by atoms with E-state index in [1.807, 2.05) is 36.4 Å². The Hall–Kier alpha value is -2.65. The molecule has 0 radical (unpaired) electrons. The summed E-state index contributed by atoms with van der Waals surface area (Å²) >= 11 is 0. The average molecular weight is 531 g/mol. The number of hydrogen-bond acceptors (Lipinski definition) is 5. The second-order valence-corrected chi connectivity index (χ2v) is 7.80. The predicted molar refractivity (Wildman–Crippen MR) is 133 cm³/mol. The van der Waals surface area contributed by atoms with Gasteiger partial charge in [-0.1, -0.05) is 42.5 Å². The van der Waals surface area contributed by atoms with Gasteiger partial charge < -0.3 is 19.9 Å². The Labute approximate surface area is 214 Å². The molecular weight excluding hydrogens is 504 g/mol. The summed E-state index contributed by atoms with van der Waals surface area (Å²) in [6, 6.07) is 20.4. The van der Waals surface area contributed by atoms with Crippen molar-refractivity contribution in [3.63, 3.8) is 0 Å². The van der Waals surface area contributed by atoms with Gasteiger partial charge in [-0.25, -0.2) is 0 Å². The van der Waals surface area contributed by atoms with E-state index >= 15 is 0 Å². The predicted octanol–water partition coefficient (Wildman–Crippen LogP) is 5.71. The number of rotatable bonds is 7. The minimum atomic E-state index is -4.74. The fraction of sp³-hybridized carbons (Fsp3) is 0.280. The minimum Gasteiger partial charge on any atom is -0.507 e. The molecule has 0 unspecified atom stereocenters. The molecule has 3 aromatic rings. The first-order valence-corrected chi connectivity index (χ1v) is 10.7. The van der Waals surface area contributed by atoms with Crippen molar-refractivity contribution in [2.45, 2.75) is 19.0 Å². The maximum Gasteiger partial charge on any atom is 0.573 e. The van der Waals surface area contributed by atoms with Gasteiger partial charge in [0, 0.05) is 37.8 Å². The largest absolute Gasteiger partial charge is 0.573 e. The van der Waals surface area contributed by atoms with E-state index < -0.39 is 6.36 Å². The first-order valence-electron chi connectivity index (χ1n) is 10.7. The lowest BCUT2D eigenvalue weighted by Gasteiger charge is -2.36. The van der Waals surface area contributed by atoms with Gasteiger partial charge in [0.1, 0.15) is 23.9 Å². The van der Waals surface area contributed by atoms with Gasteiger partial charge in [0.15, 0.2) is 0 Å². The maximum absolute atomic E-state index is 12.5. The van der Waals surface area contributed by atoms with Crippen LogP contribution in [-0.4, -0.2) is 42.5 Å². The lowest BCUT2D eigenvalue weighted by Crippen LogP contribution is -2.45. The van der Waals surface area contributed by atoms with Crippen LogP contribution in [0.5, 0.6) is 17.2 Å². The highest BCUT2D eigenvalue weighted by molar-refractivity contribution is 5.85. The molecule has 1 aliphatic heterocycles. The number of benzene rings is 3. The van der Waals surface area contributed by atoms with Crippen molar-refractivity contribution in [3.8, 4) is 17.2 Å². The van der Waals surface area contributed by atoms with Crippen LogP contribution in [0.25, 0.3) is 0 Å². The SMILES string of the molecule is Cl.Cl.Oc1cc(OCc2ccccc2)ccc1[C@@H](c1ccc(OC(F)(F)F)cc1)N1CCNCC1. The van der Waals surface area contributed by atoms with Crippen molar-refractivity contribution in [1.82, 2.24) is 10.2 Å². The Balaban J connectivity index is 0.00000216. The summed E-state index contributed by atoms with van der Waals surface area (Å²) in [5.74, 6) is 0.326. The number of halogens is 5. The standard InChI is InChI=1S/C25H25F3N2O3.2ClH/c26-25(27,28)33-20-8-6-19(7-9-20)24(30-14-12-29-13-15-30)22-11-10-21(16-23(22)31)32-17-18-4-2-1-3-5-18;;/h1-11,16,24,29,31H,12-15,17H2;2*1H/t24-;;/m1../s1. The fourth-order valence-electron chi connectivity index (χ4n) is 3.96. The van der Waals surface area contributed by atoms with Crippen LogP contribution in [-0.2, 0) is 6.61 Å². The molecule has 0 aromatic heterocycles. The van der Waals surface area contributed by atoms with E-state index in [0.29, 0.717) is 17.9 Å². The molecule has 1 heterocycles.